The summed E-state index contributed by atoms with van der Waals surface area (Å²) in [7, 11) is 1.60. The van der Waals surface area contributed by atoms with Gasteiger partial charge in [-0.3, -0.25) is 9.59 Å². The largest absolute Gasteiger partial charge is 0.497 e. The van der Waals surface area contributed by atoms with Crippen molar-refractivity contribution in [3.8, 4) is 28.5 Å². The van der Waals surface area contributed by atoms with Crippen LogP contribution in [0.4, 0.5) is 5.69 Å². The second-order valence-electron chi connectivity index (χ2n) is 6.70. The first kappa shape index (κ1) is 19.9. The molecule has 1 heterocycles. The van der Waals surface area contributed by atoms with Crippen molar-refractivity contribution < 1.29 is 18.7 Å². The summed E-state index contributed by atoms with van der Waals surface area (Å²) in [6, 6.07) is 20.8. The summed E-state index contributed by atoms with van der Waals surface area (Å²) in [4.78, 5) is 28.5. The molecular formula is C24H19N3O4. The van der Waals surface area contributed by atoms with Crippen LogP contribution in [0.5, 0.6) is 5.75 Å². The molecule has 0 saturated carbocycles. The van der Waals surface area contributed by atoms with E-state index >= 15 is 0 Å². The van der Waals surface area contributed by atoms with Crippen molar-refractivity contribution in [1.82, 2.24) is 4.98 Å². The van der Waals surface area contributed by atoms with Crippen LogP contribution >= 0.6 is 0 Å². The minimum absolute atomic E-state index is 0.327. The molecule has 3 aromatic carbocycles. The van der Waals surface area contributed by atoms with E-state index in [1.54, 1.807) is 55.8 Å². The number of rotatable bonds is 6. The van der Waals surface area contributed by atoms with Crippen molar-refractivity contribution >= 4 is 17.5 Å². The number of primary amides is 1. The van der Waals surface area contributed by atoms with E-state index in [2.05, 4.69) is 10.3 Å². The van der Waals surface area contributed by atoms with Gasteiger partial charge in [0.2, 0.25) is 11.8 Å². The van der Waals surface area contributed by atoms with Crippen LogP contribution in [-0.2, 0) is 0 Å². The van der Waals surface area contributed by atoms with Gasteiger partial charge in [0.05, 0.1) is 18.9 Å². The third kappa shape index (κ3) is 4.30. The van der Waals surface area contributed by atoms with E-state index in [1.807, 2.05) is 30.3 Å². The number of nitrogens with one attached hydrogen (secondary N) is 1. The average molecular weight is 413 g/mol. The molecule has 0 atom stereocenters. The molecule has 0 spiro atoms. The lowest BCUT2D eigenvalue weighted by Crippen LogP contribution is -2.14. The lowest BCUT2D eigenvalue weighted by Gasteiger charge is -2.09. The lowest BCUT2D eigenvalue weighted by atomic mass is 10.1. The van der Waals surface area contributed by atoms with Crippen LogP contribution in [0.3, 0.4) is 0 Å². The molecule has 0 radical (unpaired) electrons. The minimum atomic E-state index is -0.529. The molecule has 0 fully saturated rings. The molecule has 3 N–H and O–H groups in total. The fraction of sp³-hybridized carbons (Fsp3) is 0.0417. The molecule has 0 aliphatic heterocycles. The molecule has 2 amide bonds. The van der Waals surface area contributed by atoms with E-state index in [1.165, 1.54) is 0 Å². The Hall–Kier alpha value is -4.39. The van der Waals surface area contributed by atoms with Crippen LogP contribution in [0.15, 0.2) is 83.4 Å². The Morgan fingerprint density at radius 3 is 2.52 bits per heavy atom. The number of carbonyl (C=O) groups is 2. The van der Waals surface area contributed by atoms with Crippen molar-refractivity contribution in [3.63, 3.8) is 0 Å². The summed E-state index contributed by atoms with van der Waals surface area (Å²) < 4.78 is 11.2. The SMILES string of the molecule is COc1cccc(-c2cnc(-c3ccccc3C(=O)Nc3ccc(C(N)=O)cc3)o2)c1. The van der Waals surface area contributed by atoms with Gasteiger partial charge in [0, 0.05) is 22.4 Å². The van der Waals surface area contributed by atoms with Crippen LogP contribution in [0.1, 0.15) is 20.7 Å². The Kier molecular flexibility index (Phi) is 5.49. The van der Waals surface area contributed by atoms with Gasteiger partial charge in [-0.1, -0.05) is 24.3 Å². The second kappa shape index (κ2) is 8.54. The average Bonchev–Trinajstić information content (AvgIpc) is 3.30. The van der Waals surface area contributed by atoms with Crippen molar-refractivity contribution in [2.75, 3.05) is 12.4 Å². The topological polar surface area (TPSA) is 107 Å². The number of carbonyl (C=O) groups excluding carboxylic acids is 2. The molecule has 7 nitrogen and oxygen atoms in total. The van der Waals surface area contributed by atoms with Gasteiger partial charge >= 0.3 is 0 Å². The van der Waals surface area contributed by atoms with Gasteiger partial charge in [0.15, 0.2) is 5.76 Å². The molecule has 31 heavy (non-hydrogen) atoms. The molecule has 0 aliphatic carbocycles. The number of hydrogen-bond acceptors (Lipinski definition) is 5. The first-order valence-corrected chi connectivity index (χ1v) is 9.46. The van der Waals surface area contributed by atoms with Crippen molar-refractivity contribution in [1.29, 1.82) is 0 Å². The number of hydrogen-bond donors (Lipinski definition) is 2. The molecule has 0 bridgehead atoms. The molecule has 0 saturated heterocycles. The van der Waals surface area contributed by atoms with Crippen LogP contribution in [0, 0.1) is 0 Å². The van der Waals surface area contributed by atoms with Crippen molar-refractivity contribution in [2.24, 2.45) is 5.73 Å². The Morgan fingerprint density at radius 2 is 1.77 bits per heavy atom. The smallest absolute Gasteiger partial charge is 0.256 e. The van der Waals surface area contributed by atoms with E-state index < -0.39 is 5.91 Å². The van der Waals surface area contributed by atoms with Gasteiger partial charge in [-0.15, -0.1) is 0 Å². The maximum Gasteiger partial charge on any atom is 0.256 e. The number of anilines is 1. The molecule has 0 unspecified atom stereocenters. The number of aromatic nitrogens is 1. The predicted molar refractivity (Wildman–Crippen MR) is 117 cm³/mol. The van der Waals surface area contributed by atoms with Gasteiger partial charge in [-0.2, -0.15) is 0 Å². The standard InChI is InChI=1S/C24H19N3O4/c1-30-18-6-4-5-16(13-18)21-14-26-24(31-21)20-8-3-2-7-19(20)23(29)27-17-11-9-15(10-12-17)22(25)28/h2-14H,1H3,(H2,25,28)(H,27,29). The molecular weight excluding hydrogens is 394 g/mol. The second-order valence-corrected chi connectivity index (χ2v) is 6.70. The summed E-state index contributed by atoms with van der Waals surface area (Å²) in [5.41, 5.74) is 7.93. The van der Waals surface area contributed by atoms with E-state index in [-0.39, 0.29) is 5.91 Å². The highest BCUT2D eigenvalue weighted by atomic mass is 16.5. The maximum atomic E-state index is 12.9. The number of benzene rings is 3. The maximum absolute atomic E-state index is 12.9. The Bertz CT molecular complexity index is 1250. The van der Waals surface area contributed by atoms with Gasteiger partial charge in [0.1, 0.15) is 5.75 Å². The molecule has 1 aromatic heterocycles. The Balaban J connectivity index is 1.61. The third-order valence-electron chi connectivity index (χ3n) is 4.69. The zero-order chi connectivity index (χ0) is 21.8. The number of nitrogens with zero attached hydrogens (tertiary/aromatic N) is 1. The van der Waals surface area contributed by atoms with Gasteiger partial charge in [0.25, 0.3) is 5.91 Å². The number of amides is 2. The van der Waals surface area contributed by atoms with Crippen LogP contribution in [0.25, 0.3) is 22.8 Å². The van der Waals surface area contributed by atoms with Gasteiger partial charge < -0.3 is 20.2 Å². The zero-order valence-electron chi connectivity index (χ0n) is 16.7. The predicted octanol–water partition coefficient (Wildman–Crippen LogP) is 4.37. The first-order valence-electron chi connectivity index (χ1n) is 9.46. The lowest BCUT2D eigenvalue weighted by molar-refractivity contribution is 0.0998. The molecule has 154 valence electrons. The molecule has 7 heteroatoms. The van der Waals surface area contributed by atoms with Crippen LogP contribution in [0.2, 0.25) is 0 Å². The quantitative estimate of drug-likeness (QED) is 0.488. The highest BCUT2D eigenvalue weighted by Crippen LogP contribution is 2.30. The van der Waals surface area contributed by atoms with E-state index in [4.69, 9.17) is 14.9 Å². The summed E-state index contributed by atoms with van der Waals surface area (Å²) >= 11 is 0. The van der Waals surface area contributed by atoms with Crippen molar-refractivity contribution in [2.45, 2.75) is 0 Å². The summed E-state index contributed by atoms with van der Waals surface area (Å²) in [6.45, 7) is 0. The van der Waals surface area contributed by atoms with E-state index in [0.29, 0.717) is 39.8 Å². The fourth-order valence-electron chi connectivity index (χ4n) is 3.09. The monoisotopic (exact) mass is 413 g/mol. The fourth-order valence-corrected chi connectivity index (χ4v) is 3.09. The molecule has 4 aromatic rings. The van der Waals surface area contributed by atoms with Crippen molar-refractivity contribution in [3.05, 3.63) is 90.1 Å². The summed E-state index contributed by atoms with van der Waals surface area (Å²) in [6.07, 6.45) is 1.61. The highest BCUT2D eigenvalue weighted by molar-refractivity contribution is 6.08. The van der Waals surface area contributed by atoms with E-state index in [9.17, 15) is 9.59 Å². The van der Waals surface area contributed by atoms with Crippen LogP contribution < -0.4 is 15.8 Å². The Labute approximate surface area is 178 Å². The van der Waals surface area contributed by atoms with Gasteiger partial charge in [-0.05, 0) is 48.5 Å². The normalized spacial score (nSPS) is 10.5. The number of nitrogens with two attached hydrogens (primary N) is 1. The first-order chi connectivity index (χ1) is 15.0. The number of oxazole rings is 1. The zero-order valence-corrected chi connectivity index (χ0v) is 16.7. The number of methoxy groups -OCH3 is 1. The third-order valence-corrected chi connectivity index (χ3v) is 4.69. The minimum Gasteiger partial charge on any atom is -0.497 e. The van der Waals surface area contributed by atoms with Crippen LogP contribution in [-0.4, -0.2) is 23.9 Å². The van der Waals surface area contributed by atoms with E-state index in [0.717, 1.165) is 5.56 Å². The summed E-state index contributed by atoms with van der Waals surface area (Å²) in [5, 5.41) is 2.81. The number of ether oxygens (including phenoxy) is 1. The Morgan fingerprint density at radius 1 is 1.00 bits per heavy atom. The van der Waals surface area contributed by atoms with Gasteiger partial charge in [-0.25, -0.2) is 4.98 Å². The molecule has 0 aliphatic rings. The summed E-state index contributed by atoms with van der Waals surface area (Å²) in [5.74, 6) is 0.735. The molecule has 4 rings (SSSR count). The highest BCUT2D eigenvalue weighted by Gasteiger charge is 2.17.